The van der Waals surface area contributed by atoms with E-state index in [2.05, 4.69) is 22.0 Å². The van der Waals surface area contributed by atoms with E-state index in [1.165, 1.54) is 0 Å². The van der Waals surface area contributed by atoms with E-state index < -0.39 is 5.60 Å². The van der Waals surface area contributed by atoms with Gasteiger partial charge >= 0.3 is 6.09 Å². The minimum absolute atomic E-state index is 0.00940. The summed E-state index contributed by atoms with van der Waals surface area (Å²) in [6.07, 6.45) is 3.35. The number of nitrogens with zero attached hydrogens (tertiary/aromatic N) is 4. The molecular weight excluding hydrogens is 358 g/mol. The minimum Gasteiger partial charge on any atom is -0.441 e. The van der Waals surface area contributed by atoms with Gasteiger partial charge in [0.05, 0.1) is 12.6 Å². The van der Waals surface area contributed by atoms with Gasteiger partial charge in [-0.3, -0.25) is 9.69 Å². The molecule has 4 aliphatic heterocycles. The molecule has 0 saturated carbocycles. The first-order chi connectivity index (χ1) is 13.6. The molecule has 4 fully saturated rings. The second-order valence-corrected chi connectivity index (χ2v) is 8.72. The highest BCUT2D eigenvalue weighted by atomic mass is 16.6. The van der Waals surface area contributed by atoms with Crippen LogP contribution < -0.4 is 5.32 Å². The van der Waals surface area contributed by atoms with Crippen LogP contribution in [0.3, 0.4) is 0 Å². The average molecular weight is 394 g/mol. The number of hydrogen-bond acceptors (Lipinski definition) is 6. The van der Waals surface area contributed by atoms with Gasteiger partial charge in [0.25, 0.3) is 0 Å². The van der Waals surface area contributed by atoms with Crippen molar-refractivity contribution >= 4 is 12.0 Å². The van der Waals surface area contributed by atoms with E-state index in [-0.39, 0.29) is 18.0 Å². The molecule has 1 spiro atoms. The maximum absolute atomic E-state index is 12.6. The second-order valence-electron chi connectivity index (χ2n) is 8.72. The van der Waals surface area contributed by atoms with Crippen LogP contribution in [0.4, 0.5) is 4.79 Å². The first kappa shape index (κ1) is 19.9. The summed E-state index contributed by atoms with van der Waals surface area (Å²) in [5.41, 5.74) is -0.391. The maximum atomic E-state index is 12.6. The highest BCUT2D eigenvalue weighted by Crippen LogP contribution is 2.33. The molecule has 0 aromatic carbocycles. The van der Waals surface area contributed by atoms with E-state index in [1.807, 2.05) is 9.80 Å². The first-order valence-corrected chi connectivity index (χ1v) is 11.0. The molecule has 28 heavy (non-hydrogen) atoms. The number of amides is 2. The quantitative estimate of drug-likeness (QED) is 0.719. The zero-order chi connectivity index (χ0) is 19.6. The molecule has 1 atom stereocenters. The average Bonchev–Trinajstić information content (AvgIpc) is 3.35. The van der Waals surface area contributed by atoms with Crippen molar-refractivity contribution in [2.24, 2.45) is 0 Å². The molecule has 4 heterocycles. The fraction of sp³-hybridized carbons (Fsp3) is 0.900. The summed E-state index contributed by atoms with van der Waals surface area (Å²) in [6, 6.07) is -0.00940. The molecule has 4 aliphatic rings. The van der Waals surface area contributed by atoms with Crippen molar-refractivity contribution in [2.45, 2.75) is 44.2 Å². The Balaban J connectivity index is 1.23. The fourth-order valence-electron chi connectivity index (χ4n) is 4.97. The normalized spacial score (nSPS) is 28.9. The van der Waals surface area contributed by atoms with Gasteiger partial charge in [0.1, 0.15) is 5.60 Å². The zero-order valence-electron chi connectivity index (χ0n) is 17.2. The van der Waals surface area contributed by atoms with Crippen LogP contribution in [0.1, 0.15) is 32.6 Å². The second kappa shape index (κ2) is 8.55. The summed E-state index contributed by atoms with van der Waals surface area (Å²) in [6.45, 7) is 12.4. The van der Waals surface area contributed by atoms with Gasteiger partial charge in [0, 0.05) is 65.2 Å². The Hall–Kier alpha value is -1.38. The molecule has 0 bridgehead atoms. The third-order valence-electron chi connectivity index (χ3n) is 6.98. The maximum Gasteiger partial charge on any atom is 0.410 e. The number of carbonyl (C=O) groups is 2. The minimum atomic E-state index is -0.391. The van der Waals surface area contributed by atoms with Gasteiger partial charge in [-0.2, -0.15) is 0 Å². The molecule has 0 unspecified atom stereocenters. The molecule has 0 aromatic rings. The summed E-state index contributed by atoms with van der Waals surface area (Å²) >= 11 is 0. The SMILES string of the molecule is CCN1CCN(CCN2CC3(CCN(C(=O)[C@H]4CCCN4)CC3)OC2=O)CC1. The number of rotatable bonds is 5. The van der Waals surface area contributed by atoms with Gasteiger partial charge in [0.2, 0.25) is 5.91 Å². The van der Waals surface area contributed by atoms with E-state index in [0.29, 0.717) is 19.6 Å². The number of likely N-dealkylation sites (N-methyl/N-ethyl adjacent to an activating group) is 1. The highest BCUT2D eigenvalue weighted by Gasteiger charge is 2.47. The molecule has 2 amide bonds. The van der Waals surface area contributed by atoms with Gasteiger partial charge in [-0.25, -0.2) is 4.79 Å². The lowest BCUT2D eigenvalue weighted by Crippen LogP contribution is -2.52. The van der Waals surface area contributed by atoms with Crippen molar-refractivity contribution in [3.63, 3.8) is 0 Å². The molecule has 4 saturated heterocycles. The third-order valence-corrected chi connectivity index (χ3v) is 6.98. The highest BCUT2D eigenvalue weighted by molar-refractivity contribution is 5.82. The van der Waals surface area contributed by atoms with Crippen molar-refractivity contribution < 1.29 is 14.3 Å². The number of carbonyl (C=O) groups excluding carboxylic acids is 2. The molecule has 1 N–H and O–H groups in total. The number of ether oxygens (including phenoxy) is 1. The van der Waals surface area contributed by atoms with Gasteiger partial charge in [0.15, 0.2) is 0 Å². The number of piperidine rings is 1. The lowest BCUT2D eigenvalue weighted by Gasteiger charge is -2.38. The van der Waals surface area contributed by atoms with Gasteiger partial charge in [-0.1, -0.05) is 6.92 Å². The molecular formula is C20H35N5O3. The number of nitrogens with one attached hydrogen (secondary N) is 1. The molecule has 8 nitrogen and oxygen atoms in total. The number of likely N-dealkylation sites (tertiary alicyclic amines) is 1. The lowest BCUT2D eigenvalue weighted by molar-refractivity contribution is -0.136. The third kappa shape index (κ3) is 4.28. The Morgan fingerprint density at radius 1 is 1.11 bits per heavy atom. The van der Waals surface area contributed by atoms with Crippen molar-refractivity contribution in [3.05, 3.63) is 0 Å². The number of hydrogen-bond donors (Lipinski definition) is 1. The van der Waals surface area contributed by atoms with Crippen LogP contribution in [-0.2, 0) is 9.53 Å². The van der Waals surface area contributed by atoms with Crippen LogP contribution in [0.5, 0.6) is 0 Å². The Kier molecular flexibility index (Phi) is 6.08. The Morgan fingerprint density at radius 3 is 2.46 bits per heavy atom. The molecule has 0 aromatic heterocycles. The van der Waals surface area contributed by atoms with E-state index in [0.717, 1.165) is 78.0 Å². The van der Waals surface area contributed by atoms with Crippen LogP contribution in [0, 0.1) is 0 Å². The zero-order valence-corrected chi connectivity index (χ0v) is 17.2. The van der Waals surface area contributed by atoms with Crippen LogP contribution in [0.2, 0.25) is 0 Å². The monoisotopic (exact) mass is 393 g/mol. The summed E-state index contributed by atoms with van der Waals surface area (Å²) in [5, 5.41) is 3.29. The summed E-state index contributed by atoms with van der Waals surface area (Å²) in [4.78, 5) is 33.8. The van der Waals surface area contributed by atoms with Gasteiger partial charge in [-0.05, 0) is 25.9 Å². The standard InChI is InChI=1S/C20H35N5O3/c1-2-22-10-12-23(13-11-22)14-15-25-16-20(28-19(25)27)5-8-24(9-6-20)18(26)17-4-3-7-21-17/h17,21H,2-16H2,1H3/t17-/m1/s1. The van der Waals surface area contributed by atoms with Crippen molar-refractivity contribution in [2.75, 3.05) is 72.0 Å². The smallest absolute Gasteiger partial charge is 0.410 e. The topological polar surface area (TPSA) is 68.4 Å². The fourth-order valence-corrected chi connectivity index (χ4v) is 4.97. The lowest BCUT2D eigenvalue weighted by atomic mass is 9.91. The first-order valence-electron chi connectivity index (χ1n) is 11.0. The van der Waals surface area contributed by atoms with Crippen molar-refractivity contribution in [3.8, 4) is 0 Å². The largest absolute Gasteiger partial charge is 0.441 e. The number of piperazine rings is 1. The van der Waals surface area contributed by atoms with Crippen LogP contribution in [0.15, 0.2) is 0 Å². The Labute approximate surface area is 168 Å². The van der Waals surface area contributed by atoms with Gasteiger partial charge in [-0.15, -0.1) is 0 Å². The van der Waals surface area contributed by atoms with E-state index in [1.54, 1.807) is 0 Å². The molecule has 0 radical (unpaired) electrons. The van der Waals surface area contributed by atoms with E-state index in [4.69, 9.17) is 4.74 Å². The van der Waals surface area contributed by atoms with E-state index >= 15 is 0 Å². The van der Waals surface area contributed by atoms with Gasteiger partial charge < -0.3 is 24.8 Å². The van der Waals surface area contributed by atoms with Crippen LogP contribution in [-0.4, -0.2) is 115 Å². The molecule has 0 aliphatic carbocycles. The van der Waals surface area contributed by atoms with Crippen molar-refractivity contribution in [1.82, 2.24) is 24.9 Å². The van der Waals surface area contributed by atoms with Crippen LogP contribution in [0.25, 0.3) is 0 Å². The van der Waals surface area contributed by atoms with Crippen LogP contribution >= 0.6 is 0 Å². The Morgan fingerprint density at radius 2 is 1.82 bits per heavy atom. The van der Waals surface area contributed by atoms with E-state index in [9.17, 15) is 9.59 Å². The summed E-state index contributed by atoms with van der Waals surface area (Å²) in [5.74, 6) is 0.222. The summed E-state index contributed by atoms with van der Waals surface area (Å²) < 4.78 is 5.84. The molecule has 158 valence electrons. The predicted octanol–water partition coefficient (Wildman–Crippen LogP) is 0.189. The molecule has 8 heteroatoms. The predicted molar refractivity (Wildman–Crippen MR) is 106 cm³/mol. The molecule has 4 rings (SSSR count). The summed E-state index contributed by atoms with van der Waals surface area (Å²) in [7, 11) is 0. The van der Waals surface area contributed by atoms with Crippen molar-refractivity contribution in [1.29, 1.82) is 0 Å². The Bertz CT molecular complexity index is 564.